The second-order valence-electron chi connectivity index (χ2n) is 6.94. The van der Waals surface area contributed by atoms with Crippen molar-refractivity contribution in [2.45, 2.75) is 25.0 Å². The van der Waals surface area contributed by atoms with Crippen LogP contribution in [0.25, 0.3) is 21.6 Å². The quantitative estimate of drug-likeness (QED) is 0.522. The summed E-state index contributed by atoms with van der Waals surface area (Å²) < 4.78 is 31.7. The Labute approximate surface area is 182 Å². The van der Waals surface area contributed by atoms with Crippen molar-refractivity contribution in [3.63, 3.8) is 0 Å². The fourth-order valence-corrected chi connectivity index (χ4v) is 5.64. The van der Waals surface area contributed by atoms with Crippen molar-refractivity contribution in [1.82, 2.24) is 13.9 Å². The highest BCUT2D eigenvalue weighted by molar-refractivity contribution is 7.91. The zero-order chi connectivity index (χ0) is 21.5. The van der Waals surface area contributed by atoms with Gasteiger partial charge in [-0.05, 0) is 38.5 Å². The maximum atomic E-state index is 13.3. The second-order valence-corrected chi connectivity index (χ2v) is 10.7. The molecule has 3 aromatic heterocycles. The van der Waals surface area contributed by atoms with Gasteiger partial charge in [0.15, 0.2) is 5.65 Å². The number of carbonyl (C=O) groups is 1. The minimum atomic E-state index is -3.77. The zero-order valence-electron chi connectivity index (χ0n) is 16.2. The number of allylic oxidation sites excluding steroid dienone is 3. The molecule has 0 saturated heterocycles. The molecule has 0 aromatic carbocycles. The summed E-state index contributed by atoms with van der Waals surface area (Å²) >= 11 is 7.15. The molecule has 3 heterocycles. The number of carbonyl (C=O) groups excluding carboxylic acids is 1. The van der Waals surface area contributed by atoms with Gasteiger partial charge in [-0.15, -0.1) is 11.3 Å². The molecular weight excluding hydrogens is 446 g/mol. The van der Waals surface area contributed by atoms with E-state index in [-0.39, 0.29) is 13.0 Å². The molecule has 0 amide bonds. The number of hydrogen-bond donors (Lipinski definition) is 0. The van der Waals surface area contributed by atoms with Gasteiger partial charge >= 0.3 is 5.97 Å². The van der Waals surface area contributed by atoms with Gasteiger partial charge in [0, 0.05) is 28.4 Å². The van der Waals surface area contributed by atoms with Crippen LogP contribution in [0.3, 0.4) is 0 Å². The van der Waals surface area contributed by atoms with E-state index in [0.717, 1.165) is 0 Å². The molecule has 10 heteroatoms. The van der Waals surface area contributed by atoms with E-state index in [9.17, 15) is 13.2 Å². The van der Waals surface area contributed by atoms with Crippen LogP contribution in [0.2, 0.25) is 0 Å². The lowest BCUT2D eigenvalue weighted by atomic mass is 10.0. The van der Waals surface area contributed by atoms with Gasteiger partial charge in [0.2, 0.25) is 10.0 Å². The summed E-state index contributed by atoms with van der Waals surface area (Å²) in [4.78, 5) is 20.9. The van der Waals surface area contributed by atoms with Crippen molar-refractivity contribution in [3.8, 4) is 10.6 Å². The normalized spacial score (nSPS) is 19.1. The van der Waals surface area contributed by atoms with Gasteiger partial charge in [-0.2, -0.15) is 0 Å². The zero-order valence-corrected chi connectivity index (χ0v) is 18.6. The predicted molar refractivity (Wildman–Crippen MR) is 117 cm³/mol. The molecule has 0 radical (unpaired) electrons. The van der Waals surface area contributed by atoms with E-state index in [2.05, 4.69) is 9.97 Å². The Kier molecular flexibility index (Phi) is 5.29. The van der Waals surface area contributed by atoms with Crippen LogP contribution in [0.4, 0.5) is 0 Å². The average Bonchev–Trinajstić information content (AvgIpc) is 3.37. The Morgan fingerprint density at radius 2 is 2.17 bits per heavy atom. The Morgan fingerprint density at radius 3 is 2.87 bits per heavy atom. The summed E-state index contributed by atoms with van der Waals surface area (Å²) in [6, 6.07) is 3.50. The minimum absolute atomic E-state index is 0.276. The van der Waals surface area contributed by atoms with E-state index in [4.69, 9.17) is 16.3 Å². The Balaban J connectivity index is 1.70. The lowest BCUT2D eigenvalue weighted by molar-refractivity contribution is 0.0532. The molecule has 0 bridgehead atoms. The van der Waals surface area contributed by atoms with Crippen LogP contribution >= 0.6 is 22.9 Å². The third-order valence-electron chi connectivity index (χ3n) is 4.87. The Morgan fingerprint density at radius 1 is 1.37 bits per heavy atom. The van der Waals surface area contributed by atoms with E-state index in [0.29, 0.717) is 31.5 Å². The third-order valence-corrected chi connectivity index (χ3v) is 8.47. The predicted octanol–water partition coefficient (Wildman–Crippen LogP) is 4.36. The first-order valence-corrected chi connectivity index (χ1v) is 11.8. The molecule has 7 nitrogen and oxygen atoms in total. The van der Waals surface area contributed by atoms with E-state index >= 15 is 0 Å². The van der Waals surface area contributed by atoms with Crippen LogP contribution in [0.15, 0.2) is 54.0 Å². The number of esters is 1. The van der Waals surface area contributed by atoms with Crippen molar-refractivity contribution in [1.29, 1.82) is 0 Å². The van der Waals surface area contributed by atoms with Gasteiger partial charge in [0.1, 0.15) is 14.6 Å². The van der Waals surface area contributed by atoms with Crippen molar-refractivity contribution >= 4 is 50.0 Å². The van der Waals surface area contributed by atoms with E-state index in [1.54, 1.807) is 50.4 Å². The topological polar surface area (TPSA) is 91.2 Å². The molecule has 156 valence electrons. The summed E-state index contributed by atoms with van der Waals surface area (Å²) in [7, 11) is -3.77. The molecule has 0 N–H and O–H groups in total. The van der Waals surface area contributed by atoms with Gasteiger partial charge in [-0.25, -0.2) is 27.2 Å². The van der Waals surface area contributed by atoms with Crippen LogP contribution in [-0.4, -0.2) is 39.7 Å². The largest absolute Gasteiger partial charge is 0.462 e. The van der Waals surface area contributed by atoms with Gasteiger partial charge < -0.3 is 4.74 Å². The van der Waals surface area contributed by atoms with Crippen molar-refractivity contribution in [3.05, 3.63) is 58.9 Å². The van der Waals surface area contributed by atoms with Crippen LogP contribution < -0.4 is 0 Å². The highest BCUT2D eigenvalue weighted by Crippen LogP contribution is 2.34. The Bertz CT molecular complexity index is 1310. The van der Waals surface area contributed by atoms with Gasteiger partial charge in [0.25, 0.3) is 0 Å². The van der Waals surface area contributed by atoms with Crippen LogP contribution in [-0.2, 0) is 14.8 Å². The summed E-state index contributed by atoms with van der Waals surface area (Å²) in [5.74, 6) is -0.421. The minimum Gasteiger partial charge on any atom is -0.462 e. The summed E-state index contributed by atoms with van der Waals surface area (Å²) in [6.07, 6.45) is 9.70. The molecule has 1 unspecified atom stereocenters. The molecule has 30 heavy (non-hydrogen) atoms. The van der Waals surface area contributed by atoms with E-state index < -0.39 is 20.7 Å². The molecule has 4 rings (SSSR count). The summed E-state index contributed by atoms with van der Waals surface area (Å²) in [5.41, 5.74) is 1.02. The third kappa shape index (κ3) is 3.46. The summed E-state index contributed by atoms with van der Waals surface area (Å²) in [6.45, 7) is 3.69. The van der Waals surface area contributed by atoms with Crippen molar-refractivity contribution in [2.75, 3.05) is 6.61 Å². The van der Waals surface area contributed by atoms with Crippen molar-refractivity contribution in [2.24, 2.45) is 0 Å². The number of halogens is 1. The van der Waals surface area contributed by atoms with Gasteiger partial charge in [0.05, 0.1) is 12.8 Å². The second kappa shape index (κ2) is 7.64. The lowest BCUT2D eigenvalue weighted by Crippen LogP contribution is -2.38. The van der Waals surface area contributed by atoms with E-state index in [1.807, 2.05) is 0 Å². The standard InChI is InChI=1S/C20H18ClN3O4S2/c1-3-28-19(25)16-12-23-18(29-16)14-10-13-6-9-24(17(13)22-11-14)30(26,27)20(2)7-4-15(21)5-8-20/h4-7,9-12H,3,8H2,1-2H3. The SMILES string of the molecule is CCOC(=O)c1cnc(-c2cnc3c(ccn3S(=O)(=O)C3(C)C=CC(Cl)=CC3)c2)s1. The lowest BCUT2D eigenvalue weighted by Gasteiger charge is -2.27. The maximum Gasteiger partial charge on any atom is 0.349 e. The fourth-order valence-electron chi connectivity index (χ4n) is 3.12. The molecule has 3 aromatic rings. The monoisotopic (exact) mass is 463 g/mol. The number of thiazole rings is 1. The molecule has 0 aliphatic heterocycles. The molecule has 1 aliphatic rings. The number of rotatable bonds is 5. The highest BCUT2D eigenvalue weighted by atomic mass is 35.5. The molecule has 0 fully saturated rings. The number of fused-ring (bicyclic) bond motifs is 1. The first kappa shape index (κ1) is 20.8. The number of nitrogens with zero attached hydrogens (tertiary/aromatic N) is 3. The number of pyridine rings is 1. The number of aromatic nitrogens is 3. The van der Waals surface area contributed by atoms with Crippen LogP contribution in [0.1, 0.15) is 29.9 Å². The molecule has 0 saturated carbocycles. The van der Waals surface area contributed by atoms with Crippen LogP contribution in [0.5, 0.6) is 0 Å². The fraction of sp³-hybridized carbons (Fsp3) is 0.250. The first-order chi connectivity index (χ1) is 14.2. The number of ether oxygens (including phenoxy) is 1. The van der Waals surface area contributed by atoms with E-state index in [1.165, 1.54) is 27.7 Å². The molecular formula is C20H18ClN3O4S2. The first-order valence-electron chi connectivity index (χ1n) is 9.15. The van der Waals surface area contributed by atoms with Crippen molar-refractivity contribution < 1.29 is 17.9 Å². The van der Waals surface area contributed by atoms with Crippen LogP contribution in [0, 0.1) is 0 Å². The smallest absolute Gasteiger partial charge is 0.349 e. The number of hydrogen-bond acceptors (Lipinski definition) is 7. The van der Waals surface area contributed by atoms with Gasteiger partial charge in [-0.3, -0.25) is 0 Å². The maximum absolute atomic E-state index is 13.3. The average molecular weight is 464 g/mol. The molecule has 1 atom stereocenters. The Hall–Kier alpha value is -2.49. The molecule has 1 aliphatic carbocycles. The summed E-state index contributed by atoms with van der Waals surface area (Å²) in [5, 5.41) is 1.78. The molecule has 0 spiro atoms. The van der Waals surface area contributed by atoms with Gasteiger partial charge in [-0.1, -0.05) is 23.8 Å². The highest BCUT2D eigenvalue weighted by Gasteiger charge is 2.39.